The summed E-state index contributed by atoms with van der Waals surface area (Å²) in [5, 5.41) is 44.9. The number of carbonyl (C=O) groups is 3. The van der Waals surface area contributed by atoms with Gasteiger partial charge in [0, 0.05) is 29.4 Å². The van der Waals surface area contributed by atoms with Crippen LogP contribution in [0.3, 0.4) is 0 Å². The van der Waals surface area contributed by atoms with E-state index >= 15 is 0 Å². The molecule has 1 aromatic carbocycles. The molecule has 0 aliphatic heterocycles. The number of nitrogens with two attached hydrogens (primary N) is 1. The number of aromatic hydroxyl groups is 1. The van der Waals surface area contributed by atoms with Gasteiger partial charge in [-0.1, -0.05) is 17.7 Å². The molecular weight excluding hydrogens is 502 g/mol. The summed E-state index contributed by atoms with van der Waals surface area (Å²) in [5.41, 5.74) is 3.35. The molecule has 2 aromatic rings. The lowest BCUT2D eigenvalue weighted by molar-refractivity contribution is -0.153. The first-order valence-corrected chi connectivity index (χ1v) is 11.9. The Morgan fingerprint density at radius 1 is 1.16 bits per heavy atom. The molecule has 1 fully saturated rings. The lowest BCUT2D eigenvalue weighted by Gasteiger charge is -2.50. The Kier molecular flexibility index (Phi) is 5.67. The quantitative estimate of drug-likeness (QED) is 0.373. The summed E-state index contributed by atoms with van der Waals surface area (Å²) >= 11 is 6.37. The largest absolute Gasteiger partial charge is 0.508 e. The number of fused-ring (bicyclic) bond motifs is 3. The minimum Gasteiger partial charge on any atom is -0.508 e. The number of likely N-dealkylation sites (N-methyl/N-ethyl adjacent to an activating group) is 1. The van der Waals surface area contributed by atoms with Crippen LogP contribution in [0.4, 0.5) is 0 Å². The van der Waals surface area contributed by atoms with E-state index in [4.69, 9.17) is 17.3 Å². The van der Waals surface area contributed by atoms with Gasteiger partial charge in [-0.15, -0.1) is 0 Å². The number of nitrogens with zero attached hydrogens (tertiary/aromatic N) is 2. The van der Waals surface area contributed by atoms with Crippen molar-refractivity contribution in [3.05, 3.63) is 63.6 Å². The van der Waals surface area contributed by atoms with Gasteiger partial charge >= 0.3 is 0 Å². The van der Waals surface area contributed by atoms with E-state index in [0.717, 1.165) is 0 Å². The number of aliphatic hydroxyl groups excluding tert-OH is 2. The number of rotatable bonds is 3. The summed E-state index contributed by atoms with van der Waals surface area (Å²) < 4.78 is 0. The summed E-state index contributed by atoms with van der Waals surface area (Å²) in [6, 6.07) is 3.55. The van der Waals surface area contributed by atoms with E-state index in [-0.39, 0.29) is 29.7 Å². The van der Waals surface area contributed by atoms with Crippen LogP contribution in [0, 0.1) is 11.8 Å². The molecule has 37 heavy (non-hydrogen) atoms. The highest BCUT2D eigenvalue weighted by molar-refractivity contribution is 6.33. The number of Topliss-reactive ketones (excluding diaryl/α,β-unsaturated/α-hetero) is 2. The number of aromatic nitrogens is 1. The summed E-state index contributed by atoms with van der Waals surface area (Å²) in [6.45, 7) is 0. The molecule has 3 aliphatic rings. The number of halogens is 1. The van der Waals surface area contributed by atoms with Crippen molar-refractivity contribution in [2.45, 2.75) is 24.5 Å². The van der Waals surface area contributed by atoms with E-state index in [1.54, 1.807) is 32.4 Å². The first-order chi connectivity index (χ1) is 17.4. The highest BCUT2D eigenvalue weighted by Gasteiger charge is 2.64. The van der Waals surface area contributed by atoms with Crippen molar-refractivity contribution in [3.63, 3.8) is 0 Å². The molecule has 0 spiro atoms. The van der Waals surface area contributed by atoms with E-state index in [2.05, 4.69) is 4.98 Å². The second-order valence-corrected chi connectivity index (χ2v) is 10.2. The van der Waals surface area contributed by atoms with Crippen molar-refractivity contribution in [1.82, 2.24) is 9.88 Å². The number of aliphatic hydroxyl groups is 3. The second-order valence-electron chi connectivity index (χ2n) is 9.80. The number of phenolic OH excluding ortho intramolecular Hbond substituents is 1. The van der Waals surface area contributed by atoms with Crippen LogP contribution in [-0.2, 0) is 20.8 Å². The van der Waals surface area contributed by atoms with Crippen molar-refractivity contribution in [1.29, 1.82) is 0 Å². The summed E-state index contributed by atoms with van der Waals surface area (Å²) in [7, 11) is 3.10. The van der Waals surface area contributed by atoms with Crippen molar-refractivity contribution in [2.75, 3.05) is 14.1 Å². The summed E-state index contributed by atoms with van der Waals surface area (Å²) in [4.78, 5) is 44.5. The number of primary amides is 1. The minimum atomic E-state index is -2.67. The average Bonchev–Trinajstić information content (AvgIpc) is 2.82. The maximum absolute atomic E-state index is 13.9. The van der Waals surface area contributed by atoms with Crippen molar-refractivity contribution in [2.24, 2.45) is 17.6 Å². The molecule has 0 saturated heterocycles. The van der Waals surface area contributed by atoms with Gasteiger partial charge in [-0.3, -0.25) is 24.3 Å². The van der Waals surface area contributed by atoms with Crippen LogP contribution in [0.15, 0.2) is 47.5 Å². The first kappa shape index (κ1) is 24.9. The lowest BCUT2D eigenvalue weighted by Crippen LogP contribution is -2.65. The monoisotopic (exact) mass is 525 g/mol. The van der Waals surface area contributed by atoms with E-state index in [1.165, 1.54) is 17.2 Å². The molecule has 5 rings (SSSR count). The standard InChI is InChI=1S/C26H24ClN3O7/c1-30(2)20-14-8-10-7-13-11(12-5-6-29-9-15(12)27)3-4-16(31)18(13)21(32)17(10)23(34)26(14,37)24(35)19(22(20)33)25(28)36/h3-6,9-10,14,20,31-32,35,37H,7-8H2,1-2H3,(H2,28,36)/t10-,14-,20-,26-/m0/s1. The smallest absolute Gasteiger partial charge is 0.255 e. The third kappa shape index (κ3) is 3.33. The first-order valence-electron chi connectivity index (χ1n) is 11.5. The zero-order valence-corrected chi connectivity index (χ0v) is 20.7. The number of hydrogen-bond donors (Lipinski definition) is 5. The van der Waals surface area contributed by atoms with E-state index in [9.17, 15) is 34.8 Å². The molecule has 3 aliphatic carbocycles. The van der Waals surface area contributed by atoms with Gasteiger partial charge in [0.25, 0.3) is 5.91 Å². The van der Waals surface area contributed by atoms with Crippen molar-refractivity contribution < 1.29 is 34.8 Å². The van der Waals surface area contributed by atoms with Crippen molar-refractivity contribution >= 4 is 34.8 Å². The fourth-order valence-corrected chi connectivity index (χ4v) is 6.31. The molecule has 1 amide bonds. The van der Waals surface area contributed by atoms with Crippen molar-refractivity contribution in [3.8, 4) is 16.9 Å². The van der Waals surface area contributed by atoms with Gasteiger partial charge in [-0.25, -0.2) is 0 Å². The fourth-order valence-electron chi connectivity index (χ4n) is 6.09. The Morgan fingerprint density at radius 2 is 1.86 bits per heavy atom. The predicted octanol–water partition coefficient (Wildman–Crippen LogP) is 1.68. The molecule has 0 unspecified atom stereocenters. The maximum atomic E-state index is 13.9. The van der Waals surface area contributed by atoms with Gasteiger partial charge in [0.15, 0.2) is 11.4 Å². The van der Waals surface area contributed by atoms with Crippen LogP contribution in [-0.4, -0.2) is 73.5 Å². The third-order valence-electron chi connectivity index (χ3n) is 7.67. The molecule has 6 N–H and O–H groups in total. The number of benzene rings is 1. The number of amides is 1. The molecule has 0 bridgehead atoms. The molecule has 1 heterocycles. The van der Waals surface area contributed by atoms with Gasteiger partial charge in [-0.05, 0) is 56.1 Å². The van der Waals surface area contributed by atoms with Gasteiger partial charge in [0.05, 0.1) is 16.6 Å². The van der Waals surface area contributed by atoms with Gasteiger partial charge in [0.2, 0.25) is 5.78 Å². The number of phenols is 1. The Bertz CT molecular complexity index is 1460. The fraction of sp³-hybridized carbons (Fsp3) is 0.308. The molecule has 1 aromatic heterocycles. The van der Waals surface area contributed by atoms with Gasteiger partial charge in [-0.2, -0.15) is 0 Å². The molecule has 1 saturated carbocycles. The third-order valence-corrected chi connectivity index (χ3v) is 7.97. The molecule has 10 nitrogen and oxygen atoms in total. The maximum Gasteiger partial charge on any atom is 0.255 e. The number of hydrogen-bond acceptors (Lipinski definition) is 9. The van der Waals surface area contributed by atoms with Crippen LogP contribution in [0.2, 0.25) is 5.02 Å². The number of carbonyl (C=O) groups excluding carboxylic acids is 3. The molecule has 11 heteroatoms. The van der Waals surface area contributed by atoms with Crippen LogP contribution in [0.5, 0.6) is 5.75 Å². The normalized spacial score (nSPS) is 27.2. The molecular formula is C26H24ClN3O7. The molecule has 192 valence electrons. The Morgan fingerprint density at radius 3 is 2.49 bits per heavy atom. The summed E-state index contributed by atoms with van der Waals surface area (Å²) in [5.74, 6) is -6.92. The number of pyridine rings is 1. The van der Waals surface area contributed by atoms with Crippen LogP contribution < -0.4 is 5.73 Å². The minimum absolute atomic E-state index is 0.00154. The highest BCUT2D eigenvalue weighted by atomic mass is 35.5. The molecule has 0 radical (unpaired) electrons. The Balaban J connectivity index is 1.76. The van der Waals surface area contributed by atoms with E-state index in [1.807, 2.05) is 0 Å². The lowest BCUT2D eigenvalue weighted by atomic mass is 9.57. The highest BCUT2D eigenvalue weighted by Crippen LogP contribution is 2.53. The van der Waals surface area contributed by atoms with Gasteiger partial charge < -0.3 is 26.2 Å². The van der Waals surface area contributed by atoms with Crippen LogP contribution >= 0.6 is 11.6 Å². The van der Waals surface area contributed by atoms with Crippen LogP contribution in [0.1, 0.15) is 17.5 Å². The average molecular weight is 526 g/mol. The second kappa shape index (κ2) is 8.41. The van der Waals surface area contributed by atoms with E-state index in [0.29, 0.717) is 21.7 Å². The zero-order chi connectivity index (χ0) is 27.0. The van der Waals surface area contributed by atoms with Gasteiger partial charge in [0.1, 0.15) is 22.8 Å². The SMILES string of the molecule is CN(C)[C@@H]1C(=O)C(C(N)=O)=C(O)[C@@]2(O)C(=O)C3=C(O)c4c(O)ccc(-c5ccncc5Cl)c4C[C@H]3C[C@@H]12. The topological polar surface area (TPSA) is 174 Å². The Labute approximate surface area is 216 Å². The summed E-state index contributed by atoms with van der Waals surface area (Å²) in [6.07, 6.45) is 3.18. The number of ketones is 2. The van der Waals surface area contributed by atoms with Crippen LogP contribution in [0.25, 0.3) is 16.9 Å². The zero-order valence-electron chi connectivity index (χ0n) is 19.9. The Hall–Kier alpha value is -3.73. The predicted molar refractivity (Wildman–Crippen MR) is 132 cm³/mol. The van der Waals surface area contributed by atoms with E-state index < -0.39 is 58.0 Å². The molecule has 4 atom stereocenters.